The zero-order chi connectivity index (χ0) is 19.0. The lowest BCUT2D eigenvalue weighted by Crippen LogP contribution is -2.37. The van der Waals surface area contributed by atoms with Crippen LogP contribution < -0.4 is 0 Å². The molecular formula is C22H22N2O3. The van der Waals surface area contributed by atoms with E-state index in [4.69, 9.17) is 0 Å². The quantitative estimate of drug-likeness (QED) is 0.771. The minimum atomic E-state index is -0.829. The summed E-state index contributed by atoms with van der Waals surface area (Å²) < 4.78 is 2.09. The van der Waals surface area contributed by atoms with E-state index in [1.54, 1.807) is 4.90 Å². The van der Waals surface area contributed by atoms with E-state index in [1.807, 2.05) is 55.6 Å². The highest BCUT2D eigenvalue weighted by Gasteiger charge is 2.39. The predicted molar refractivity (Wildman–Crippen MR) is 104 cm³/mol. The second-order valence-corrected chi connectivity index (χ2v) is 7.15. The Hall–Kier alpha value is -3.08. The highest BCUT2D eigenvalue weighted by Crippen LogP contribution is 2.29. The van der Waals surface area contributed by atoms with Gasteiger partial charge in [-0.05, 0) is 25.0 Å². The van der Waals surface area contributed by atoms with Crippen molar-refractivity contribution in [1.82, 2.24) is 9.47 Å². The number of amides is 1. The zero-order valence-electron chi connectivity index (χ0n) is 15.2. The van der Waals surface area contributed by atoms with Crippen molar-refractivity contribution in [2.24, 2.45) is 5.92 Å². The largest absolute Gasteiger partial charge is 0.481 e. The maximum atomic E-state index is 13.2. The molecule has 0 saturated carbocycles. The molecule has 1 aliphatic rings. The fraction of sp³-hybridized carbons (Fsp3) is 0.273. The molecule has 3 aromatic rings. The molecule has 2 unspecified atom stereocenters. The molecule has 27 heavy (non-hydrogen) atoms. The van der Waals surface area contributed by atoms with Crippen molar-refractivity contribution in [3.63, 3.8) is 0 Å². The molecule has 5 heteroatoms. The number of carbonyl (C=O) groups excluding carboxylic acids is 1. The minimum absolute atomic E-state index is 0.0886. The van der Waals surface area contributed by atoms with Gasteiger partial charge in [0, 0.05) is 36.2 Å². The molecule has 1 amide bonds. The number of fused-ring (bicyclic) bond motifs is 1. The SMILES string of the molecule is CC1C(C(=O)O)CCN1C(=O)c1cn(Cc2ccccc2)c2ccccc12. The molecule has 1 aliphatic heterocycles. The number of carboxylic acid groups (broad SMARTS) is 1. The molecule has 2 heterocycles. The summed E-state index contributed by atoms with van der Waals surface area (Å²) in [4.78, 5) is 26.3. The van der Waals surface area contributed by atoms with Gasteiger partial charge in [0.2, 0.25) is 0 Å². The van der Waals surface area contributed by atoms with Crippen LogP contribution in [0.3, 0.4) is 0 Å². The summed E-state index contributed by atoms with van der Waals surface area (Å²) in [5.41, 5.74) is 2.81. The number of hydrogen-bond donors (Lipinski definition) is 1. The first-order chi connectivity index (χ1) is 13.1. The van der Waals surface area contributed by atoms with Crippen molar-refractivity contribution in [3.8, 4) is 0 Å². The van der Waals surface area contributed by atoms with E-state index in [1.165, 1.54) is 0 Å². The van der Waals surface area contributed by atoms with Gasteiger partial charge in [0.05, 0.1) is 11.5 Å². The molecule has 1 N–H and O–H groups in total. The van der Waals surface area contributed by atoms with Crippen molar-refractivity contribution in [3.05, 3.63) is 71.9 Å². The molecule has 2 atom stereocenters. The number of nitrogens with zero attached hydrogens (tertiary/aromatic N) is 2. The molecule has 1 fully saturated rings. The van der Waals surface area contributed by atoms with E-state index in [9.17, 15) is 14.7 Å². The van der Waals surface area contributed by atoms with Gasteiger partial charge in [0.25, 0.3) is 5.91 Å². The van der Waals surface area contributed by atoms with Crippen LogP contribution >= 0.6 is 0 Å². The van der Waals surface area contributed by atoms with E-state index in [-0.39, 0.29) is 11.9 Å². The fourth-order valence-corrected chi connectivity index (χ4v) is 4.04. The first-order valence-corrected chi connectivity index (χ1v) is 9.22. The molecule has 1 saturated heterocycles. The Kier molecular flexibility index (Phi) is 4.44. The van der Waals surface area contributed by atoms with Crippen LogP contribution in [0.1, 0.15) is 29.3 Å². The van der Waals surface area contributed by atoms with Crippen molar-refractivity contribution in [2.45, 2.75) is 25.9 Å². The third-order valence-electron chi connectivity index (χ3n) is 5.55. The summed E-state index contributed by atoms with van der Waals surface area (Å²) in [5, 5.41) is 10.3. The number of hydrogen-bond acceptors (Lipinski definition) is 2. The topological polar surface area (TPSA) is 62.5 Å². The molecule has 0 aliphatic carbocycles. The number of benzene rings is 2. The summed E-state index contributed by atoms with van der Waals surface area (Å²) >= 11 is 0. The summed E-state index contributed by atoms with van der Waals surface area (Å²) in [5.74, 6) is -1.41. The van der Waals surface area contributed by atoms with Crippen molar-refractivity contribution >= 4 is 22.8 Å². The average molecular weight is 362 g/mol. The Bertz CT molecular complexity index is 993. The van der Waals surface area contributed by atoms with Gasteiger partial charge in [-0.2, -0.15) is 0 Å². The second kappa shape index (κ2) is 6.91. The molecular weight excluding hydrogens is 340 g/mol. The lowest BCUT2D eigenvalue weighted by molar-refractivity contribution is -0.142. The third-order valence-corrected chi connectivity index (χ3v) is 5.55. The van der Waals surface area contributed by atoms with Crippen LogP contribution in [-0.4, -0.2) is 39.0 Å². The molecule has 1 aromatic heterocycles. The average Bonchev–Trinajstić information content (AvgIpc) is 3.23. The van der Waals surface area contributed by atoms with Gasteiger partial charge >= 0.3 is 5.97 Å². The van der Waals surface area contributed by atoms with Crippen LogP contribution in [-0.2, 0) is 11.3 Å². The Morgan fingerprint density at radius 2 is 1.78 bits per heavy atom. The first kappa shape index (κ1) is 17.3. The van der Waals surface area contributed by atoms with Crippen molar-refractivity contribution < 1.29 is 14.7 Å². The van der Waals surface area contributed by atoms with E-state index < -0.39 is 11.9 Å². The van der Waals surface area contributed by atoms with Crippen molar-refractivity contribution in [2.75, 3.05) is 6.54 Å². The lowest BCUT2D eigenvalue weighted by atomic mass is 10.0. The van der Waals surface area contributed by atoms with E-state index in [2.05, 4.69) is 16.7 Å². The summed E-state index contributed by atoms with van der Waals surface area (Å²) in [7, 11) is 0. The maximum absolute atomic E-state index is 13.2. The summed E-state index contributed by atoms with van der Waals surface area (Å²) in [6.45, 7) is 2.99. The Labute approximate surface area is 157 Å². The number of aliphatic carboxylic acids is 1. The van der Waals surface area contributed by atoms with Gasteiger partial charge in [-0.25, -0.2) is 0 Å². The second-order valence-electron chi connectivity index (χ2n) is 7.15. The zero-order valence-corrected chi connectivity index (χ0v) is 15.2. The normalized spacial score (nSPS) is 19.5. The van der Waals surface area contributed by atoms with Crippen molar-refractivity contribution in [1.29, 1.82) is 0 Å². The minimum Gasteiger partial charge on any atom is -0.481 e. The maximum Gasteiger partial charge on any atom is 0.308 e. The first-order valence-electron chi connectivity index (χ1n) is 9.22. The number of likely N-dealkylation sites (tertiary alicyclic amines) is 1. The van der Waals surface area contributed by atoms with Gasteiger partial charge in [0.15, 0.2) is 0 Å². The number of aromatic nitrogens is 1. The van der Waals surface area contributed by atoms with Gasteiger partial charge < -0.3 is 14.6 Å². The number of carbonyl (C=O) groups is 2. The Morgan fingerprint density at radius 1 is 1.07 bits per heavy atom. The predicted octanol–water partition coefficient (Wildman–Crippen LogP) is 3.62. The highest BCUT2D eigenvalue weighted by molar-refractivity contribution is 6.07. The number of para-hydroxylation sites is 1. The van der Waals surface area contributed by atoms with Crippen LogP contribution in [0.4, 0.5) is 0 Å². The van der Waals surface area contributed by atoms with Crippen LogP contribution in [0.5, 0.6) is 0 Å². The summed E-state index contributed by atoms with van der Waals surface area (Å²) in [6, 6.07) is 17.7. The van der Waals surface area contributed by atoms with Crippen LogP contribution in [0, 0.1) is 5.92 Å². The monoisotopic (exact) mass is 362 g/mol. The lowest BCUT2D eigenvalue weighted by Gasteiger charge is -2.23. The van der Waals surface area contributed by atoms with Gasteiger partial charge in [-0.3, -0.25) is 9.59 Å². The van der Waals surface area contributed by atoms with E-state index >= 15 is 0 Å². The molecule has 138 valence electrons. The number of carboxylic acids is 1. The van der Waals surface area contributed by atoms with Gasteiger partial charge in [-0.1, -0.05) is 48.5 Å². The van der Waals surface area contributed by atoms with E-state index in [0.717, 1.165) is 16.5 Å². The van der Waals surface area contributed by atoms with Gasteiger partial charge in [0.1, 0.15) is 0 Å². The van der Waals surface area contributed by atoms with Crippen LogP contribution in [0.2, 0.25) is 0 Å². The van der Waals surface area contributed by atoms with Gasteiger partial charge in [-0.15, -0.1) is 0 Å². The van der Waals surface area contributed by atoms with Crippen LogP contribution in [0.25, 0.3) is 10.9 Å². The molecule has 0 radical (unpaired) electrons. The summed E-state index contributed by atoms with van der Waals surface area (Å²) in [6.07, 6.45) is 2.41. The molecule has 5 nitrogen and oxygen atoms in total. The Balaban J connectivity index is 1.70. The molecule has 4 rings (SSSR count). The molecule has 0 bridgehead atoms. The number of rotatable bonds is 4. The highest BCUT2D eigenvalue weighted by atomic mass is 16.4. The smallest absolute Gasteiger partial charge is 0.308 e. The molecule has 2 aromatic carbocycles. The molecule has 0 spiro atoms. The third kappa shape index (κ3) is 3.10. The standard InChI is InChI=1S/C22H22N2O3/c1-15-17(22(26)27)11-12-24(15)21(25)19-14-23(13-16-7-3-2-4-8-16)20-10-6-5-9-18(19)20/h2-10,14-15,17H,11-13H2,1H3,(H,26,27). The van der Waals surface area contributed by atoms with Crippen LogP contribution in [0.15, 0.2) is 60.8 Å². The van der Waals surface area contributed by atoms with E-state index in [0.29, 0.717) is 25.1 Å². The Morgan fingerprint density at radius 3 is 2.48 bits per heavy atom. The fourth-order valence-electron chi connectivity index (χ4n) is 4.04.